The number of ether oxygens (including phenoxy) is 6. The molecule has 0 aromatic heterocycles. The molecule has 0 aliphatic carbocycles. The standard InChI is InChI=1S/C17H19N3O5.C10H16N2O.C7H4BrNO4/c1-4-23-15-7-11(19(2)3)5-6-12(15)18-13-8-16-17(25-10-24-16)9-14(13)20(21)22;1-4-13-10-7-8(12(2)3)5-6-9(10)11;8-4-1-6-7(13-3-12-6)2-5(4)9(10)11/h5-9,18H,4,10H2,1-3H3;5-7H,4,11H2,1-3H3;1-2H,3H2. The van der Waals surface area contributed by atoms with E-state index in [0.29, 0.717) is 63.5 Å². The average molecular weight is 772 g/mol. The minimum absolute atomic E-state index is 0.0238. The molecule has 17 heteroatoms. The fourth-order valence-electron chi connectivity index (χ4n) is 4.62. The molecule has 0 amide bonds. The normalized spacial score (nSPS) is 11.7. The predicted octanol–water partition coefficient (Wildman–Crippen LogP) is 7.35. The van der Waals surface area contributed by atoms with Crippen molar-refractivity contribution < 1.29 is 38.3 Å². The van der Waals surface area contributed by atoms with Crippen LogP contribution in [0.4, 0.5) is 39.8 Å². The number of nitro benzene ring substituents is 2. The van der Waals surface area contributed by atoms with Crippen LogP contribution in [0.25, 0.3) is 0 Å². The van der Waals surface area contributed by atoms with E-state index in [1.807, 2.05) is 88.2 Å². The molecule has 51 heavy (non-hydrogen) atoms. The van der Waals surface area contributed by atoms with E-state index in [-0.39, 0.29) is 25.0 Å². The van der Waals surface area contributed by atoms with Crippen molar-refractivity contribution >= 4 is 55.7 Å². The van der Waals surface area contributed by atoms with Crippen LogP contribution in [0, 0.1) is 20.2 Å². The van der Waals surface area contributed by atoms with Crippen molar-refractivity contribution in [2.45, 2.75) is 13.8 Å². The minimum Gasteiger partial charge on any atom is -0.492 e. The molecule has 0 fully saturated rings. The summed E-state index contributed by atoms with van der Waals surface area (Å²) < 4.78 is 32.0. The van der Waals surface area contributed by atoms with Crippen LogP contribution in [-0.2, 0) is 0 Å². The van der Waals surface area contributed by atoms with Crippen molar-refractivity contribution in [1.82, 2.24) is 0 Å². The molecule has 0 saturated carbocycles. The van der Waals surface area contributed by atoms with Crippen LogP contribution >= 0.6 is 15.9 Å². The maximum absolute atomic E-state index is 11.4. The Balaban J connectivity index is 0.000000189. The lowest BCUT2D eigenvalue weighted by Crippen LogP contribution is -2.09. The topological polar surface area (TPSA) is 186 Å². The summed E-state index contributed by atoms with van der Waals surface area (Å²) in [5, 5.41) is 25.0. The number of anilines is 5. The number of rotatable bonds is 10. The summed E-state index contributed by atoms with van der Waals surface area (Å²) in [6.07, 6.45) is 0. The Bertz CT molecular complexity index is 1870. The van der Waals surface area contributed by atoms with Gasteiger partial charge in [-0.05, 0) is 54.0 Å². The lowest BCUT2D eigenvalue weighted by atomic mass is 10.2. The number of nitrogens with zero attached hydrogens (tertiary/aromatic N) is 4. The fourth-order valence-corrected chi connectivity index (χ4v) is 5.09. The van der Waals surface area contributed by atoms with Gasteiger partial charge in [0.15, 0.2) is 23.0 Å². The Kier molecular flexibility index (Phi) is 12.8. The SMILES string of the molecule is CCOc1cc(N(C)C)ccc1N.CCOc1cc(N(C)C)ccc1Nc1cc2c(cc1[N+](=O)[O-])OCO2.O=[N+]([O-])c1cc2c(cc1Br)OCO2. The number of benzene rings is 4. The van der Waals surface area contributed by atoms with Gasteiger partial charge in [-0.2, -0.15) is 0 Å². The Morgan fingerprint density at radius 2 is 1.18 bits per heavy atom. The summed E-state index contributed by atoms with van der Waals surface area (Å²) in [6, 6.07) is 17.2. The van der Waals surface area contributed by atoms with Gasteiger partial charge in [0.25, 0.3) is 11.4 Å². The molecule has 0 bridgehead atoms. The summed E-state index contributed by atoms with van der Waals surface area (Å²) in [6.45, 7) is 5.12. The number of fused-ring (bicyclic) bond motifs is 2. The number of hydrogen-bond donors (Lipinski definition) is 2. The molecule has 3 N–H and O–H groups in total. The zero-order valence-electron chi connectivity index (χ0n) is 28.9. The van der Waals surface area contributed by atoms with Gasteiger partial charge < -0.3 is 49.3 Å². The second kappa shape index (κ2) is 17.2. The Hall–Kier alpha value is -5.84. The maximum Gasteiger partial charge on any atom is 0.296 e. The molecule has 6 rings (SSSR count). The van der Waals surface area contributed by atoms with Crippen molar-refractivity contribution in [3.63, 3.8) is 0 Å². The van der Waals surface area contributed by atoms with E-state index in [1.165, 1.54) is 18.2 Å². The highest BCUT2D eigenvalue weighted by Gasteiger charge is 2.25. The highest BCUT2D eigenvalue weighted by Crippen LogP contribution is 2.43. The number of hydrogen-bond acceptors (Lipinski definition) is 14. The van der Waals surface area contributed by atoms with Crippen molar-refractivity contribution in [3.05, 3.63) is 85.4 Å². The second-order valence-corrected chi connectivity index (χ2v) is 11.9. The van der Waals surface area contributed by atoms with Crippen molar-refractivity contribution in [1.29, 1.82) is 0 Å². The van der Waals surface area contributed by atoms with Gasteiger partial charge in [0, 0.05) is 63.8 Å². The smallest absolute Gasteiger partial charge is 0.296 e. The van der Waals surface area contributed by atoms with Crippen LogP contribution in [0.5, 0.6) is 34.5 Å². The van der Waals surface area contributed by atoms with Crippen LogP contribution in [0.3, 0.4) is 0 Å². The lowest BCUT2D eigenvalue weighted by Gasteiger charge is -2.18. The zero-order valence-corrected chi connectivity index (χ0v) is 30.5. The van der Waals surface area contributed by atoms with Gasteiger partial charge in [-0.1, -0.05) is 0 Å². The van der Waals surface area contributed by atoms with Crippen LogP contribution in [0.2, 0.25) is 0 Å². The molecule has 0 atom stereocenters. The number of nitrogen functional groups attached to an aromatic ring is 1. The van der Waals surface area contributed by atoms with E-state index >= 15 is 0 Å². The van der Waals surface area contributed by atoms with Gasteiger partial charge in [-0.25, -0.2) is 0 Å². The first-order valence-electron chi connectivity index (χ1n) is 15.5. The van der Waals surface area contributed by atoms with Crippen molar-refractivity contribution in [2.24, 2.45) is 0 Å². The largest absolute Gasteiger partial charge is 0.492 e. The highest BCUT2D eigenvalue weighted by molar-refractivity contribution is 9.10. The molecule has 2 heterocycles. The van der Waals surface area contributed by atoms with E-state index in [1.54, 1.807) is 6.07 Å². The van der Waals surface area contributed by atoms with Gasteiger partial charge >= 0.3 is 0 Å². The summed E-state index contributed by atoms with van der Waals surface area (Å²) in [5.41, 5.74) is 9.31. The van der Waals surface area contributed by atoms with Crippen LogP contribution in [0.15, 0.2) is 65.1 Å². The Morgan fingerprint density at radius 1 is 0.706 bits per heavy atom. The summed E-state index contributed by atoms with van der Waals surface area (Å²) in [7, 11) is 7.84. The van der Waals surface area contributed by atoms with Gasteiger partial charge in [0.2, 0.25) is 13.6 Å². The van der Waals surface area contributed by atoms with E-state index in [4.69, 9.17) is 34.2 Å². The van der Waals surface area contributed by atoms with Gasteiger partial charge in [-0.15, -0.1) is 0 Å². The molecule has 2 aliphatic rings. The molecule has 0 radical (unpaired) electrons. The molecular weight excluding hydrogens is 732 g/mol. The fraction of sp³-hybridized carbons (Fsp3) is 0.294. The third-order valence-corrected chi connectivity index (χ3v) is 7.83. The molecule has 2 aliphatic heterocycles. The van der Waals surface area contributed by atoms with Crippen LogP contribution in [-0.4, -0.2) is 64.8 Å². The third kappa shape index (κ3) is 9.66. The first-order valence-corrected chi connectivity index (χ1v) is 16.3. The number of nitrogens with two attached hydrogens (primary N) is 1. The third-order valence-electron chi connectivity index (χ3n) is 7.19. The first-order chi connectivity index (χ1) is 24.3. The Morgan fingerprint density at radius 3 is 1.71 bits per heavy atom. The Labute approximate surface area is 303 Å². The van der Waals surface area contributed by atoms with Gasteiger partial charge in [-0.3, -0.25) is 20.2 Å². The molecule has 272 valence electrons. The molecule has 16 nitrogen and oxygen atoms in total. The average Bonchev–Trinajstić information content (AvgIpc) is 3.75. The molecule has 4 aromatic rings. The summed E-state index contributed by atoms with van der Waals surface area (Å²) >= 11 is 3.07. The highest BCUT2D eigenvalue weighted by atomic mass is 79.9. The van der Waals surface area contributed by atoms with E-state index < -0.39 is 9.85 Å². The zero-order chi connectivity index (χ0) is 37.2. The monoisotopic (exact) mass is 770 g/mol. The van der Waals surface area contributed by atoms with E-state index in [9.17, 15) is 20.2 Å². The van der Waals surface area contributed by atoms with Gasteiger partial charge in [0.05, 0.1) is 51.0 Å². The number of nitro groups is 2. The minimum atomic E-state index is -0.480. The molecule has 4 aromatic carbocycles. The number of halogens is 1. The predicted molar refractivity (Wildman–Crippen MR) is 198 cm³/mol. The molecule has 0 saturated heterocycles. The molecule has 0 spiro atoms. The van der Waals surface area contributed by atoms with E-state index in [2.05, 4.69) is 21.2 Å². The summed E-state index contributed by atoms with van der Waals surface area (Å²) in [5.74, 6) is 3.14. The molecule has 0 unspecified atom stereocenters. The second-order valence-electron chi connectivity index (χ2n) is 11.1. The lowest BCUT2D eigenvalue weighted by molar-refractivity contribution is -0.385. The number of nitrogens with one attached hydrogen (secondary N) is 1. The maximum atomic E-state index is 11.4. The quantitative estimate of drug-likeness (QED) is 0.0926. The van der Waals surface area contributed by atoms with Gasteiger partial charge in [0.1, 0.15) is 17.2 Å². The van der Waals surface area contributed by atoms with Crippen LogP contribution < -0.4 is 49.3 Å². The van der Waals surface area contributed by atoms with Crippen LogP contribution in [0.1, 0.15) is 13.8 Å². The van der Waals surface area contributed by atoms with Crippen molar-refractivity contribution in [3.8, 4) is 34.5 Å². The van der Waals surface area contributed by atoms with Crippen molar-refractivity contribution in [2.75, 3.05) is 75.8 Å². The molecular formula is C34H39BrN6O10. The first kappa shape index (κ1) is 38.0. The van der Waals surface area contributed by atoms with E-state index in [0.717, 1.165) is 17.1 Å². The summed E-state index contributed by atoms with van der Waals surface area (Å²) in [4.78, 5) is 24.9.